The molecule has 5 heteroatoms. The minimum absolute atomic E-state index is 0.0411. The third-order valence-electron chi connectivity index (χ3n) is 4.97. The first-order valence-corrected chi connectivity index (χ1v) is 8.34. The van der Waals surface area contributed by atoms with Crippen LogP contribution in [0.2, 0.25) is 0 Å². The Morgan fingerprint density at radius 1 is 1.16 bits per heavy atom. The number of nitriles is 1. The molecule has 1 heterocycles. The average molecular weight is 336 g/mol. The highest BCUT2D eigenvalue weighted by Crippen LogP contribution is 2.44. The van der Waals surface area contributed by atoms with Crippen molar-refractivity contribution in [2.24, 2.45) is 0 Å². The Hall–Kier alpha value is -2.87. The van der Waals surface area contributed by atoms with Gasteiger partial charge < -0.3 is 4.74 Å². The smallest absolute Gasteiger partial charge is 0.410 e. The van der Waals surface area contributed by atoms with Crippen molar-refractivity contribution in [2.45, 2.75) is 24.6 Å². The van der Waals surface area contributed by atoms with Crippen molar-refractivity contribution in [3.8, 4) is 17.2 Å². The van der Waals surface area contributed by atoms with Crippen LogP contribution in [-0.2, 0) is 4.74 Å². The molecule has 2 aromatic carbocycles. The number of rotatable bonds is 2. The van der Waals surface area contributed by atoms with E-state index in [2.05, 4.69) is 12.1 Å². The number of likely N-dealkylation sites (tertiary alicyclic amines) is 1. The Morgan fingerprint density at radius 3 is 2.36 bits per heavy atom. The Labute approximate surface area is 145 Å². The summed E-state index contributed by atoms with van der Waals surface area (Å²) in [7, 11) is 0. The third-order valence-corrected chi connectivity index (χ3v) is 4.97. The van der Waals surface area contributed by atoms with Crippen molar-refractivity contribution >= 4 is 6.09 Å². The van der Waals surface area contributed by atoms with E-state index in [9.17, 15) is 9.18 Å². The van der Waals surface area contributed by atoms with Gasteiger partial charge in [-0.1, -0.05) is 48.5 Å². The van der Waals surface area contributed by atoms with E-state index in [-0.39, 0.29) is 25.5 Å². The second-order valence-corrected chi connectivity index (χ2v) is 6.43. The number of benzene rings is 2. The summed E-state index contributed by atoms with van der Waals surface area (Å²) in [6.07, 6.45) is -1.72. The Bertz CT molecular complexity index is 815. The fraction of sp³-hybridized carbons (Fsp3) is 0.300. The second-order valence-electron chi connectivity index (χ2n) is 6.43. The molecule has 1 amide bonds. The highest BCUT2D eigenvalue weighted by Gasteiger charge is 2.37. The van der Waals surface area contributed by atoms with Crippen LogP contribution < -0.4 is 0 Å². The minimum atomic E-state index is -1.16. The Balaban J connectivity index is 1.54. The number of nitrogens with zero attached hydrogens (tertiary/aromatic N) is 2. The van der Waals surface area contributed by atoms with E-state index in [1.54, 1.807) is 0 Å². The molecule has 1 fully saturated rings. The van der Waals surface area contributed by atoms with Gasteiger partial charge >= 0.3 is 6.09 Å². The predicted molar refractivity (Wildman–Crippen MR) is 90.7 cm³/mol. The molecule has 1 aliphatic carbocycles. The lowest BCUT2D eigenvalue weighted by molar-refractivity contribution is 0.0998. The van der Waals surface area contributed by atoms with Gasteiger partial charge in [0.1, 0.15) is 18.8 Å². The molecule has 0 bridgehead atoms. The highest BCUT2D eigenvalue weighted by atomic mass is 19.1. The van der Waals surface area contributed by atoms with Crippen LogP contribution in [0, 0.1) is 11.3 Å². The van der Waals surface area contributed by atoms with Crippen molar-refractivity contribution in [3.63, 3.8) is 0 Å². The van der Waals surface area contributed by atoms with Crippen LogP contribution in [0.5, 0.6) is 0 Å². The van der Waals surface area contributed by atoms with Gasteiger partial charge in [0.25, 0.3) is 0 Å². The monoisotopic (exact) mass is 336 g/mol. The van der Waals surface area contributed by atoms with E-state index < -0.39 is 18.3 Å². The molecule has 0 N–H and O–H groups in total. The fourth-order valence-electron chi connectivity index (χ4n) is 3.79. The van der Waals surface area contributed by atoms with Crippen LogP contribution >= 0.6 is 0 Å². The van der Waals surface area contributed by atoms with Gasteiger partial charge in [0.05, 0.1) is 12.6 Å². The number of carbonyl (C=O) groups excluding carboxylic acids is 1. The largest absolute Gasteiger partial charge is 0.448 e. The SMILES string of the molecule is N#C[C@H]1C[C@H](F)CN1C(=O)OCC1c2ccccc2-c2ccccc21. The molecular weight excluding hydrogens is 319 g/mol. The number of alkyl halides is 1. The van der Waals surface area contributed by atoms with Gasteiger partial charge in [0.2, 0.25) is 0 Å². The molecule has 4 nitrogen and oxygen atoms in total. The van der Waals surface area contributed by atoms with Crippen molar-refractivity contribution in [3.05, 3.63) is 59.7 Å². The normalized spacial score (nSPS) is 21.5. The fourth-order valence-corrected chi connectivity index (χ4v) is 3.79. The van der Waals surface area contributed by atoms with Crippen molar-refractivity contribution in [2.75, 3.05) is 13.2 Å². The molecule has 2 aliphatic rings. The van der Waals surface area contributed by atoms with Gasteiger partial charge in [0, 0.05) is 12.3 Å². The number of hydrogen-bond acceptors (Lipinski definition) is 3. The molecule has 1 saturated heterocycles. The van der Waals surface area contributed by atoms with E-state index in [1.807, 2.05) is 42.5 Å². The van der Waals surface area contributed by atoms with Crippen LogP contribution in [0.3, 0.4) is 0 Å². The number of ether oxygens (including phenoxy) is 1. The summed E-state index contributed by atoms with van der Waals surface area (Å²) < 4.78 is 19.0. The van der Waals surface area contributed by atoms with E-state index in [0.717, 1.165) is 22.3 Å². The predicted octanol–water partition coefficient (Wildman–Crippen LogP) is 3.87. The van der Waals surface area contributed by atoms with Gasteiger partial charge in [-0.15, -0.1) is 0 Å². The molecule has 0 aromatic heterocycles. The first kappa shape index (κ1) is 15.6. The molecule has 1 aliphatic heterocycles. The third kappa shape index (κ3) is 2.64. The number of carbonyl (C=O) groups is 1. The molecular formula is C20H17FN2O2. The molecule has 25 heavy (non-hydrogen) atoms. The zero-order valence-corrected chi connectivity index (χ0v) is 13.6. The molecule has 0 unspecified atom stereocenters. The highest BCUT2D eigenvalue weighted by molar-refractivity contribution is 5.79. The molecule has 4 rings (SSSR count). The van der Waals surface area contributed by atoms with Crippen molar-refractivity contribution in [1.29, 1.82) is 5.26 Å². The summed E-state index contributed by atoms with van der Waals surface area (Å²) in [5, 5.41) is 9.08. The van der Waals surface area contributed by atoms with Crippen LogP contribution in [0.1, 0.15) is 23.5 Å². The van der Waals surface area contributed by atoms with E-state index >= 15 is 0 Å². The second kappa shape index (κ2) is 6.21. The standard InChI is InChI=1S/C20H17FN2O2/c21-13-9-14(10-22)23(11-13)20(24)25-12-19-17-7-3-1-5-15(17)16-6-2-4-8-18(16)19/h1-8,13-14,19H,9,11-12H2/t13-,14+/m0/s1. The summed E-state index contributed by atoms with van der Waals surface area (Å²) in [5.41, 5.74) is 4.55. The molecule has 126 valence electrons. The lowest BCUT2D eigenvalue weighted by Gasteiger charge is -2.21. The molecule has 2 atom stereocenters. The maximum Gasteiger partial charge on any atom is 0.410 e. The van der Waals surface area contributed by atoms with Crippen LogP contribution in [0.15, 0.2) is 48.5 Å². The molecule has 0 radical (unpaired) electrons. The maximum atomic E-state index is 13.5. The first-order valence-electron chi connectivity index (χ1n) is 8.34. The van der Waals surface area contributed by atoms with Gasteiger partial charge in [0.15, 0.2) is 0 Å². The number of fused-ring (bicyclic) bond motifs is 3. The van der Waals surface area contributed by atoms with E-state index in [4.69, 9.17) is 10.00 Å². The van der Waals surface area contributed by atoms with Crippen molar-refractivity contribution < 1.29 is 13.9 Å². The van der Waals surface area contributed by atoms with Crippen LogP contribution in [0.4, 0.5) is 9.18 Å². The number of amides is 1. The lowest BCUT2D eigenvalue weighted by atomic mass is 9.98. The Kier molecular flexibility index (Phi) is 3.89. The van der Waals surface area contributed by atoms with Crippen molar-refractivity contribution in [1.82, 2.24) is 4.90 Å². The first-order chi connectivity index (χ1) is 12.2. The van der Waals surface area contributed by atoms with Crippen LogP contribution in [0.25, 0.3) is 11.1 Å². The summed E-state index contributed by atoms with van der Waals surface area (Å²) in [4.78, 5) is 13.5. The minimum Gasteiger partial charge on any atom is -0.448 e. The van der Waals surface area contributed by atoms with E-state index in [1.165, 1.54) is 4.90 Å². The molecule has 0 spiro atoms. The maximum absolute atomic E-state index is 13.5. The lowest BCUT2D eigenvalue weighted by Crippen LogP contribution is -2.36. The molecule has 2 aromatic rings. The zero-order chi connectivity index (χ0) is 17.4. The number of hydrogen-bond donors (Lipinski definition) is 0. The van der Waals surface area contributed by atoms with Gasteiger partial charge in [-0.3, -0.25) is 4.90 Å². The van der Waals surface area contributed by atoms with E-state index in [0.29, 0.717) is 0 Å². The number of halogens is 1. The van der Waals surface area contributed by atoms with Gasteiger partial charge in [-0.2, -0.15) is 5.26 Å². The quantitative estimate of drug-likeness (QED) is 0.836. The topological polar surface area (TPSA) is 53.3 Å². The summed E-state index contributed by atoms with van der Waals surface area (Å²) in [5.74, 6) is -0.0411. The average Bonchev–Trinajstić information content (AvgIpc) is 3.18. The summed E-state index contributed by atoms with van der Waals surface area (Å²) in [6.45, 7) is 0.105. The van der Waals surface area contributed by atoms with Crippen LogP contribution in [-0.4, -0.2) is 36.4 Å². The Morgan fingerprint density at radius 2 is 1.76 bits per heavy atom. The summed E-state index contributed by atoms with van der Waals surface area (Å²) in [6, 6.07) is 17.4. The summed E-state index contributed by atoms with van der Waals surface area (Å²) >= 11 is 0. The van der Waals surface area contributed by atoms with Gasteiger partial charge in [-0.25, -0.2) is 9.18 Å². The van der Waals surface area contributed by atoms with Gasteiger partial charge in [-0.05, 0) is 22.3 Å². The molecule has 0 saturated carbocycles. The zero-order valence-electron chi connectivity index (χ0n) is 13.6.